The molecule has 0 aliphatic rings. The van der Waals surface area contributed by atoms with Gasteiger partial charge in [0.2, 0.25) is 0 Å². The third-order valence-corrected chi connectivity index (χ3v) is 3.21. The molecule has 5 heteroatoms. The summed E-state index contributed by atoms with van der Waals surface area (Å²) in [4.78, 5) is 27.8. The van der Waals surface area contributed by atoms with E-state index in [0.717, 1.165) is 5.56 Å². The number of hydrogen-bond acceptors (Lipinski definition) is 5. The van der Waals surface area contributed by atoms with Gasteiger partial charge in [0.25, 0.3) is 0 Å². The Morgan fingerprint density at radius 2 is 2.32 bits per heavy atom. The number of carbonyl (C=O) groups is 2. The summed E-state index contributed by atoms with van der Waals surface area (Å²) in [5.74, 6) is -1.41. The van der Waals surface area contributed by atoms with E-state index in [4.69, 9.17) is 5.26 Å². The van der Waals surface area contributed by atoms with Gasteiger partial charge < -0.3 is 4.74 Å². The minimum Gasteiger partial charge on any atom is -0.468 e. The van der Waals surface area contributed by atoms with Gasteiger partial charge >= 0.3 is 5.97 Å². The fraction of sp³-hybridized carbons (Fsp3) is 0.412. The van der Waals surface area contributed by atoms with E-state index in [-0.39, 0.29) is 12.2 Å². The number of ether oxygens (including phenoxy) is 1. The van der Waals surface area contributed by atoms with E-state index in [9.17, 15) is 9.59 Å². The van der Waals surface area contributed by atoms with Crippen molar-refractivity contribution in [2.45, 2.75) is 32.1 Å². The normalized spacial score (nSPS) is 11.8. The quantitative estimate of drug-likeness (QED) is 0.398. The first-order valence-electron chi connectivity index (χ1n) is 7.23. The van der Waals surface area contributed by atoms with Crippen LogP contribution in [0.3, 0.4) is 0 Å². The van der Waals surface area contributed by atoms with Crippen molar-refractivity contribution < 1.29 is 14.3 Å². The number of nitrogens with zero attached hydrogens (tertiary/aromatic N) is 2. The maximum Gasteiger partial charge on any atom is 0.316 e. The average molecular weight is 300 g/mol. The molecule has 0 bridgehead atoms. The van der Waals surface area contributed by atoms with Crippen molar-refractivity contribution in [2.24, 2.45) is 5.92 Å². The predicted octanol–water partition coefficient (Wildman–Crippen LogP) is 2.93. The standard InChI is InChI=1S/C17H20N2O3/c1-22-17(21)15(9-4-5-11-18)16(20)10-3-2-7-14-8-6-12-19-13-14/h2,6-8,12-13,15H,3-5,9-10H2,1H3. The summed E-state index contributed by atoms with van der Waals surface area (Å²) < 4.78 is 4.67. The van der Waals surface area contributed by atoms with Crippen molar-refractivity contribution in [1.29, 1.82) is 5.26 Å². The summed E-state index contributed by atoms with van der Waals surface area (Å²) in [6.45, 7) is 0. The molecule has 5 nitrogen and oxygen atoms in total. The van der Waals surface area contributed by atoms with Crippen LogP contribution in [0.2, 0.25) is 0 Å². The van der Waals surface area contributed by atoms with Gasteiger partial charge in [-0.1, -0.05) is 18.2 Å². The van der Waals surface area contributed by atoms with Crippen molar-refractivity contribution >= 4 is 17.8 Å². The van der Waals surface area contributed by atoms with Gasteiger partial charge in [0.05, 0.1) is 13.2 Å². The number of Topliss-reactive ketones (excluding diaryl/α,β-unsaturated/α-hetero) is 1. The van der Waals surface area contributed by atoms with Crippen molar-refractivity contribution in [1.82, 2.24) is 4.98 Å². The molecule has 0 saturated heterocycles. The zero-order valence-electron chi connectivity index (χ0n) is 12.7. The first-order valence-corrected chi connectivity index (χ1v) is 7.23. The third-order valence-electron chi connectivity index (χ3n) is 3.21. The molecule has 0 aromatic carbocycles. The molecule has 0 N–H and O–H groups in total. The van der Waals surface area contributed by atoms with Gasteiger partial charge in [-0.25, -0.2) is 0 Å². The highest BCUT2D eigenvalue weighted by Gasteiger charge is 2.25. The summed E-state index contributed by atoms with van der Waals surface area (Å²) in [6.07, 6.45) is 9.27. The fourth-order valence-corrected chi connectivity index (χ4v) is 2.03. The van der Waals surface area contributed by atoms with Gasteiger partial charge in [-0.05, 0) is 30.9 Å². The lowest BCUT2D eigenvalue weighted by atomic mass is 9.94. The van der Waals surface area contributed by atoms with Gasteiger partial charge in [-0.2, -0.15) is 5.26 Å². The molecule has 1 aromatic rings. The minimum atomic E-state index is -0.759. The van der Waals surface area contributed by atoms with Crippen LogP contribution in [0, 0.1) is 17.2 Å². The van der Waals surface area contributed by atoms with Crippen molar-refractivity contribution in [2.75, 3.05) is 7.11 Å². The molecule has 0 aliphatic carbocycles. The maximum absolute atomic E-state index is 12.1. The first-order chi connectivity index (χ1) is 10.7. The smallest absolute Gasteiger partial charge is 0.316 e. The number of nitriles is 1. The first kappa shape index (κ1) is 17.6. The van der Waals surface area contributed by atoms with Gasteiger partial charge in [0.1, 0.15) is 11.7 Å². The molecule has 22 heavy (non-hydrogen) atoms. The van der Waals surface area contributed by atoms with E-state index >= 15 is 0 Å². The maximum atomic E-state index is 12.1. The van der Waals surface area contributed by atoms with Gasteiger partial charge in [-0.15, -0.1) is 0 Å². The van der Waals surface area contributed by atoms with Crippen LogP contribution < -0.4 is 0 Å². The molecule has 0 radical (unpaired) electrons. The summed E-state index contributed by atoms with van der Waals surface area (Å²) in [5.41, 5.74) is 0.966. The molecule has 0 spiro atoms. The topological polar surface area (TPSA) is 80.0 Å². The molecule has 0 saturated carbocycles. The molecule has 1 unspecified atom stereocenters. The fourth-order valence-electron chi connectivity index (χ4n) is 2.03. The van der Waals surface area contributed by atoms with Crippen LogP contribution in [0.5, 0.6) is 0 Å². The summed E-state index contributed by atoms with van der Waals surface area (Å²) >= 11 is 0. The number of methoxy groups -OCH3 is 1. The van der Waals surface area contributed by atoms with Crippen LogP contribution >= 0.6 is 0 Å². The number of hydrogen-bond donors (Lipinski definition) is 0. The summed E-state index contributed by atoms with van der Waals surface area (Å²) in [6, 6.07) is 5.77. The number of rotatable bonds is 9. The lowest BCUT2D eigenvalue weighted by molar-refractivity contribution is -0.149. The monoisotopic (exact) mass is 300 g/mol. The number of aromatic nitrogens is 1. The van der Waals surface area contributed by atoms with Gasteiger partial charge in [0.15, 0.2) is 0 Å². The zero-order chi connectivity index (χ0) is 16.2. The van der Waals surface area contributed by atoms with Crippen molar-refractivity contribution in [3.63, 3.8) is 0 Å². The lowest BCUT2D eigenvalue weighted by Gasteiger charge is -2.12. The predicted molar refractivity (Wildman–Crippen MR) is 82.5 cm³/mol. The average Bonchev–Trinajstić information content (AvgIpc) is 2.56. The Kier molecular flexibility index (Phi) is 8.21. The van der Waals surface area contributed by atoms with Crippen LogP contribution in [-0.4, -0.2) is 23.8 Å². The van der Waals surface area contributed by atoms with E-state index in [1.54, 1.807) is 12.4 Å². The second-order valence-electron chi connectivity index (χ2n) is 4.82. The van der Waals surface area contributed by atoms with Crippen LogP contribution in [0.1, 0.15) is 37.7 Å². The zero-order valence-corrected chi connectivity index (χ0v) is 12.7. The number of carbonyl (C=O) groups excluding carboxylic acids is 2. The van der Waals surface area contributed by atoms with E-state index < -0.39 is 11.9 Å². The minimum absolute atomic E-state index is 0.138. The Labute approximate surface area is 130 Å². The highest BCUT2D eigenvalue weighted by Crippen LogP contribution is 2.15. The highest BCUT2D eigenvalue weighted by molar-refractivity contribution is 5.98. The molecule has 0 amide bonds. The molecule has 1 aromatic heterocycles. The van der Waals surface area contributed by atoms with E-state index in [0.29, 0.717) is 25.7 Å². The number of esters is 1. The van der Waals surface area contributed by atoms with Crippen molar-refractivity contribution in [3.05, 3.63) is 36.2 Å². The largest absolute Gasteiger partial charge is 0.468 e. The van der Waals surface area contributed by atoms with Crippen LogP contribution in [-0.2, 0) is 14.3 Å². The number of pyridine rings is 1. The molecule has 1 heterocycles. The van der Waals surface area contributed by atoms with Crippen molar-refractivity contribution in [3.8, 4) is 6.07 Å². The van der Waals surface area contributed by atoms with Crippen LogP contribution in [0.25, 0.3) is 6.08 Å². The van der Waals surface area contributed by atoms with E-state index in [2.05, 4.69) is 9.72 Å². The van der Waals surface area contributed by atoms with E-state index in [1.165, 1.54) is 7.11 Å². The Bertz CT molecular complexity index is 547. The summed E-state index contributed by atoms with van der Waals surface area (Å²) in [5, 5.41) is 8.53. The van der Waals surface area contributed by atoms with Gasteiger partial charge in [0, 0.05) is 25.2 Å². The highest BCUT2D eigenvalue weighted by atomic mass is 16.5. The Hall–Kier alpha value is -2.48. The van der Waals surface area contributed by atoms with Crippen LogP contribution in [0.4, 0.5) is 0 Å². The molecule has 1 atom stereocenters. The molecular weight excluding hydrogens is 280 g/mol. The second kappa shape index (κ2) is 10.3. The number of ketones is 1. The third kappa shape index (κ3) is 6.31. The Morgan fingerprint density at radius 3 is 2.95 bits per heavy atom. The van der Waals surface area contributed by atoms with Crippen LogP contribution in [0.15, 0.2) is 30.6 Å². The number of unbranched alkanes of at least 4 members (excludes halogenated alkanes) is 1. The molecule has 1 rings (SSSR count). The molecule has 0 fully saturated rings. The Morgan fingerprint density at radius 1 is 1.50 bits per heavy atom. The molecular formula is C17H20N2O3. The second-order valence-corrected chi connectivity index (χ2v) is 4.82. The molecule has 0 aliphatic heterocycles. The van der Waals surface area contributed by atoms with Gasteiger partial charge in [-0.3, -0.25) is 14.6 Å². The number of allylic oxidation sites excluding steroid dienone is 1. The summed E-state index contributed by atoms with van der Waals surface area (Å²) in [7, 11) is 1.27. The SMILES string of the molecule is COC(=O)C(CCCC#N)C(=O)CCC=Cc1cccnc1. The molecule has 116 valence electrons. The van der Waals surface area contributed by atoms with E-state index in [1.807, 2.05) is 30.4 Å². The Balaban J connectivity index is 2.47. The lowest BCUT2D eigenvalue weighted by Crippen LogP contribution is -2.25.